The lowest BCUT2D eigenvalue weighted by Gasteiger charge is -2.16. The van der Waals surface area contributed by atoms with Crippen molar-refractivity contribution in [2.75, 3.05) is 20.7 Å². The lowest BCUT2D eigenvalue weighted by molar-refractivity contribution is -0.140. The first-order chi connectivity index (χ1) is 10.6. The number of hydrogen-bond donors (Lipinski definition) is 0. The van der Waals surface area contributed by atoms with Gasteiger partial charge in [0.15, 0.2) is 0 Å². The Morgan fingerprint density at radius 1 is 1.36 bits per heavy atom. The Kier molecular flexibility index (Phi) is 5.08. The summed E-state index contributed by atoms with van der Waals surface area (Å²) in [5.41, 5.74) is 2.18. The van der Waals surface area contributed by atoms with E-state index in [1.54, 1.807) is 28.8 Å². The molecule has 0 bridgehead atoms. The molecule has 1 aromatic heterocycles. The predicted molar refractivity (Wildman–Crippen MR) is 81.4 cm³/mol. The number of aromatic nitrogens is 3. The minimum Gasteiger partial charge on any atom is -0.469 e. The third-order valence-corrected chi connectivity index (χ3v) is 3.51. The maximum Gasteiger partial charge on any atom is 0.305 e. The molecule has 1 amide bonds. The summed E-state index contributed by atoms with van der Waals surface area (Å²) in [5, 5.41) is 8.10. The van der Waals surface area contributed by atoms with Gasteiger partial charge in [-0.2, -0.15) is 0 Å². The van der Waals surface area contributed by atoms with E-state index in [4.69, 9.17) is 0 Å². The van der Waals surface area contributed by atoms with E-state index in [2.05, 4.69) is 15.0 Å². The van der Waals surface area contributed by atoms with Crippen molar-refractivity contribution < 1.29 is 14.3 Å². The summed E-state index contributed by atoms with van der Waals surface area (Å²) in [4.78, 5) is 25.0. The first-order valence-corrected chi connectivity index (χ1v) is 7.22. The summed E-state index contributed by atoms with van der Waals surface area (Å²) in [6.45, 7) is 3.22. The zero-order valence-electron chi connectivity index (χ0n) is 13.1. The summed E-state index contributed by atoms with van der Waals surface area (Å²) >= 11 is 0. The van der Waals surface area contributed by atoms with Crippen molar-refractivity contribution >= 4 is 22.9 Å². The molecule has 0 N–H and O–H groups in total. The number of ether oxygens (including phenoxy) is 1. The Balaban J connectivity index is 2.04. The molecule has 118 valence electrons. The molecule has 1 heterocycles. The molecule has 2 rings (SSSR count). The van der Waals surface area contributed by atoms with Crippen LogP contribution in [0.15, 0.2) is 18.2 Å². The Bertz CT molecular complexity index is 680. The number of benzene rings is 1. The van der Waals surface area contributed by atoms with Gasteiger partial charge >= 0.3 is 5.97 Å². The molecule has 0 unspecified atom stereocenters. The maximum atomic E-state index is 12.4. The number of carbonyl (C=O) groups excluding carboxylic acids is 2. The lowest BCUT2D eigenvalue weighted by atomic mass is 10.1. The van der Waals surface area contributed by atoms with Crippen molar-refractivity contribution in [1.82, 2.24) is 19.9 Å². The molecule has 0 fully saturated rings. The van der Waals surface area contributed by atoms with E-state index in [1.807, 2.05) is 13.0 Å². The summed E-state index contributed by atoms with van der Waals surface area (Å²) < 4.78 is 6.36. The second-order valence-electron chi connectivity index (χ2n) is 5.02. The van der Waals surface area contributed by atoms with E-state index in [0.717, 1.165) is 12.1 Å². The van der Waals surface area contributed by atoms with Crippen LogP contribution in [0.3, 0.4) is 0 Å². The quantitative estimate of drug-likeness (QED) is 0.755. The third kappa shape index (κ3) is 3.41. The molecule has 0 aliphatic heterocycles. The van der Waals surface area contributed by atoms with Gasteiger partial charge in [0, 0.05) is 32.1 Å². The monoisotopic (exact) mass is 304 g/mol. The minimum absolute atomic E-state index is 0.0992. The van der Waals surface area contributed by atoms with Gasteiger partial charge in [-0.05, 0) is 31.5 Å². The van der Waals surface area contributed by atoms with Crippen LogP contribution in [0.25, 0.3) is 11.0 Å². The van der Waals surface area contributed by atoms with Crippen molar-refractivity contribution in [3.63, 3.8) is 0 Å². The van der Waals surface area contributed by atoms with Crippen LogP contribution in [0.2, 0.25) is 0 Å². The van der Waals surface area contributed by atoms with Crippen LogP contribution in [0.1, 0.15) is 30.1 Å². The van der Waals surface area contributed by atoms with Gasteiger partial charge in [0.2, 0.25) is 0 Å². The molecule has 2 aromatic rings. The van der Waals surface area contributed by atoms with Crippen LogP contribution < -0.4 is 0 Å². The number of methoxy groups -OCH3 is 1. The zero-order chi connectivity index (χ0) is 16.1. The van der Waals surface area contributed by atoms with E-state index in [0.29, 0.717) is 30.5 Å². The van der Waals surface area contributed by atoms with E-state index in [9.17, 15) is 9.59 Å². The van der Waals surface area contributed by atoms with Gasteiger partial charge in [-0.25, -0.2) is 4.68 Å². The molecule has 1 aromatic carbocycles. The van der Waals surface area contributed by atoms with Crippen molar-refractivity contribution in [2.24, 2.45) is 0 Å². The minimum atomic E-state index is -0.265. The van der Waals surface area contributed by atoms with Gasteiger partial charge in [0.05, 0.1) is 12.6 Å². The highest BCUT2D eigenvalue weighted by atomic mass is 16.5. The van der Waals surface area contributed by atoms with Gasteiger partial charge in [-0.3, -0.25) is 9.59 Å². The van der Waals surface area contributed by atoms with Gasteiger partial charge in [-0.1, -0.05) is 5.21 Å². The SMILES string of the molecule is CCn1nnc2cc(C(=O)N(C)CCCC(=O)OC)ccc21. The fraction of sp³-hybridized carbons (Fsp3) is 0.467. The summed E-state index contributed by atoms with van der Waals surface area (Å²) in [5.74, 6) is -0.365. The van der Waals surface area contributed by atoms with Crippen molar-refractivity contribution in [3.05, 3.63) is 23.8 Å². The molecule has 0 spiro atoms. The Morgan fingerprint density at radius 2 is 2.14 bits per heavy atom. The van der Waals surface area contributed by atoms with Gasteiger partial charge in [0.1, 0.15) is 5.52 Å². The van der Waals surface area contributed by atoms with Crippen molar-refractivity contribution in [2.45, 2.75) is 26.3 Å². The predicted octanol–water partition coefficient (Wildman–Crippen LogP) is 1.48. The van der Waals surface area contributed by atoms with Crippen molar-refractivity contribution in [3.8, 4) is 0 Å². The fourth-order valence-corrected chi connectivity index (χ4v) is 2.22. The molecule has 22 heavy (non-hydrogen) atoms. The van der Waals surface area contributed by atoms with Crippen molar-refractivity contribution in [1.29, 1.82) is 0 Å². The normalized spacial score (nSPS) is 10.7. The molecular formula is C15H20N4O3. The van der Waals surface area contributed by atoms with Gasteiger partial charge < -0.3 is 9.64 Å². The highest BCUT2D eigenvalue weighted by Gasteiger charge is 2.14. The molecular weight excluding hydrogens is 284 g/mol. The van der Waals surface area contributed by atoms with E-state index in [-0.39, 0.29) is 11.9 Å². The average Bonchev–Trinajstić information content (AvgIpc) is 2.95. The number of esters is 1. The van der Waals surface area contributed by atoms with E-state index >= 15 is 0 Å². The lowest BCUT2D eigenvalue weighted by Crippen LogP contribution is -2.28. The second-order valence-corrected chi connectivity index (χ2v) is 5.02. The van der Waals surface area contributed by atoms with E-state index in [1.165, 1.54) is 7.11 Å². The standard InChI is InChI=1S/C15H20N4O3/c1-4-19-13-8-7-11(10-12(13)16-17-19)15(21)18(2)9-5-6-14(20)22-3/h7-8,10H,4-6,9H2,1-3H3. The fourth-order valence-electron chi connectivity index (χ4n) is 2.22. The Morgan fingerprint density at radius 3 is 2.82 bits per heavy atom. The number of aryl methyl sites for hydroxylation is 1. The van der Waals surface area contributed by atoms with Crippen LogP contribution in [0.5, 0.6) is 0 Å². The molecule has 0 aliphatic carbocycles. The molecule has 0 aliphatic rings. The first-order valence-electron chi connectivity index (χ1n) is 7.22. The smallest absolute Gasteiger partial charge is 0.305 e. The van der Waals surface area contributed by atoms with Crippen LogP contribution in [0, 0.1) is 0 Å². The van der Waals surface area contributed by atoms with E-state index < -0.39 is 0 Å². The highest BCUT2D eigenvalue weighted by Crippen LogP contribution is 2.15. The number of nitrogens with zero attached hydrogens (tertiary/aromatic N) is 4. The molecule has 7 heteroatoms. The average molecular weight is 304 g/mol. The summed E-state index contributed by atoms with van der Waals surface area (Å²) in [7, 11) is 3.07. The topological polar surface area (TPSA) is 77.3 Å². The molecule has 0 saturated carbocycles. The van der Waals surface area contributed by atoms with Crippen LogP contribution in [0.4, 0.5) is 0 Å². The number of amides is 1. The van der Waals surface area contributed by atoms with Crippen LogP contribution >= 0.6 is 0 Å². The maximum absolute atomic E-state index is 12.4. The molecule has 0 radical (unpaired) electrons. The van der Waals surface area contributed by atoms with Crippen LogP contribution in [-0.4, -0.2) is 52.5 Å². The first kappa shape index (κ1) is 15.9. The van der Waals surface area contributed by atoms with Gasteiger partial charge in [-0.15, -0.1) is 5.10 Å². The zero-order valence-corrected chi connectivity index (χ0v) is 13.1. The summed E-state index contributed by atoms with van der Waals surface area (Å²) in [6, 6.07) is 5.37. The number of fused-ring (bicyclic) bond motifs is 1. The number of carbonyl (C=O) groups is 2. The molecule has 0 atom stereocenters. The Labute approximate surface area is 128 Å². The highest BCUT2D eigenvalue weighted by molar-refractivity contribution is 5.97. The Hall–Kier alpha value is -2.44. The third-order valence-electron chi connectivity index (χ3n) is 3.51. The summed E-state index contributed by atoms with van der Waals surface area (Å²) in [6.07, 6.45) is 0.876. The molecule has 0 saturated heterocycles. The number of rotatable bonds is 6. The van der Waals surface area contributed by atoms with Crippen LogP contribution in [-0.2, 0) is 16.1 Å². The molecule has 7 nitrogen and oxygen atoms in total. The number of hydrogen-bond acceptors (Lipinski definition) is 5. The second kappa shape index (κ2) is 7.02. The van der Waals surface area contributed by atoms with Gasteiger partial charge in [0.25, 0.3) is 5.91 Å². The largest absolute Gasteiger partial charge is 0.469 e.